The summed E-state index contributed by atoms with van der Waals surface area (Å²) in [6.07, 6.45) is 1.19. The van der Waals surface area contributed by atoms with Crippen molar-refractivity contribution in [2.45, 2.75) is 32.4 Å². The Morgan fingerprint density at radius 2 is 2.12 bits per heavy atom. The first-order valence-electron chi connectivity index (χ1n) is 8.95. The van der Waals surface area contributed by atoms with Crippen molar-refractivity contribution in [3.05, 3.63) is 22.4 Å². The van der Waals surface area contributed by atoms with E-state index in [2.05, 4.69) is 0 Å². The van der Waals surface area contributed by atoms with Crippen molar-refractivity contribution < 1.29 is 23.9 Å². The topological polar surface area (TPSA) is 76.1 Å². The molecule has 0 spiro atoms. The highest BCUT2D eigenvalue weighted by Gasteiger charge is 2.38. The van der Waals surface area contributed by atoms with E-state index in [1.165, 1.54) is 0 Å². The van der Waals surface area contributed by atoms with Crippen molar-refractivity contribution in [3.8, 4) is 0 Å². The largest absolute Gasteiger partial charge is 0.466 e. The lowest BCUT2D eigenvalue weighted by molar-refractivity contribution is -0.161. The van der Waals surface area contributed by atoms with Gasteiger partial charge in [0.25, 0.3) is 0 Å². The van der Waals surface area contributed by atoms with E-state index in [9.17, 15) is 14.4 Å². The summed E-state index contributed by atoms with van der Waals surface area (Å²) in [6, 6.07) is 3.29. The van der Waals surface area contributed by atoms with Crippen LogP contribution in [0.3, 0.4) is 0 Å². The molecule has 2 fully saturated rings. The number of carbonyl (C=O) groups excluding carboxylic acids is 3. The molecule has 0 N–H and O–H groups in total. The second-order valence-corrected chi connectivity index (χ2v) is 7.52. The second kappa shape index (κ2) is 8.64. The van der Waals surface area contributed by atoms with Crippen LogP contribution in [0.1, 0.15) is 24.6 Å². The molecule has 0 unspecified atom stereocenters. The molecule has 0 saturated carbocycles. The predicted molar refractivity (Wildman–Crippen MR) is 95.4 cm³/mol. The van der Waals surface area contributed by atoms with E-state index in [1.807, 2.05) is 17.5 Å². The number of nitrogens with zero attached hydrogens (tertiary/aromatic N) is 2. The Bertz CT molecular complexity index is 640. The molecule has 0 aliphatic carbocycles. The molecule has 2 amide bonds. The van der Waals surface area contributed by atoms with Crippen molar-refractivity contribution >= 4 is 29.1 Å². The Morgan fingerprint density at radius 1 is 1.35 bits per heavy atom. The third kappa shape index (κ3) is 4.24. The first kappa shape index (κ1) is 18.8. The van der Waals surface area contributed by atoms with E-state index in [0.717, 1.165) is 4.88 Å². The number of carbonyl (C=O) groups is 3. The number of hydrogen-bond donors (Lipinski definition) is 0. The van der Waals surface area contributed by atoms with Gasteiger partial charge in [0.1, 0.15) is 12.6 Å². The minimum absolute atomic E-state index is 0.0140. The monoisotopic (exact) mass is 380 g/mol. The van der Waals surface area contributed by atoms with Gasteiger partial charge in [0.15, 0.2) is 0 Å². The molecule has 26 heavy (non-hydrogen) atoms. The van der Waals surface area contributed by atoms with E-state index >= 15 is 0 Å². The van der Waals surface area contributed by atoms with E-state index in [-0.39, 0.29) is 36.9 Å². The fraction of sp³-hybridized carbons (Fsp3) is 0.611. The zero-order chi connectivity index (χ0) is 18.5. The molecule has 0 aromatic carbocycles. The van der Waals surface area contributed by atoms with E-state index in [1.54, 1.807) is 28.1 Å². The van der Waals surface area contributed by atoms with Crippen LogP contribution in [0.25, 0.3) is 0 Å². The maximum absolute atomic E-state index is 13.0. The average molecular weight is 380 g/mol. The maximum Gasteiger partial charge on any atom is 0.309 e. The summed E-state index contributed by atoms with van der Waals surface area (Å²) < 4.78 is 10.4. The van der Waals surface area contributed by atoms with Gasteiger partial charge in [-0.2, -0.15) is 0 Å². The summed E-state index contributed by atoms with van der Waals surface area (Å²) in [6.45, 7) is 3.82. The molecule has 0 bridgehead atoms. The van der Waals surface area contributed by atoms with Crippen LogP contribution in [0.4, 0.5) is 0 Å². The van der Waals surface area contributed by atoms with E-state index in [0.29, 0.717) is 39.1 Å². The van der Waals surface area contributed by atoms with Gasteiger partial charge in [0.05, 0.1) is 25.7 Å². The van der Waals surface area contributed by atoms with Crippen LogP contribution in [-0.2, 0) is 30.4 Å². The summed E-state index contributed by atoms with van der Waals surface area (Å²) in [4.78, 5) is 41.5. The summed E-state index contributed by atoms with van der Waals surface area (Å²) in [7, 11) is 0. The zero-order valence-corrected chi connectivity index (χ0v) is 15.7. The van der Waals surface area contributed by atoms with Crippen molar-refractivity contribution in [2.75, 3.05) is 32.9 Å². The van der Waals surface area contributed by atoms with Crippen LogP contribution in [0.5, 0.6) is 0 Å². The normalized spacial score (nSPS) is 21.7. The lowest BCUT2D eigenvalue weighted by atomic mass is 9.96. The van der Waals surface area contributed by atoms with Gasteiger partial charge in [-0.1, -0.05) is 6.07 Å². The Balaban J connectivity index is 1.62. The Labute approximate surface area is 156 Å². The van der Waals surface area contributed by atoms with Crippen molar-refractivity contribution in [3.63, 3.8) is 0 Å². The first-order chi connectivity index (χ1) is 12.6. The van der Waals surface area contributed by atoms with Gasteiger partial charge in [-0.3, -0.25) is 14.4 Å². The van der Waals surface area contributed by atoms with Crippen LogP contribution >= 0.6 is 11.3 Å². The molecule has 1 aromatic heterocycles. The summed E-state index contributed by atoms with van der Waals surface area (Å²) in [5.74, 6) is -0.595. The molecule has 1 aromatic rings. The van der Waals surface area contributed by atoms with Crippen molar-refractivity contribution in [1.82, 2.24) is 9.80 Å². The Kier molecular flexibility index (Phi) is 6.26. The SMILES string of the molecule is CCOC(=O)C1CCN(C(=O)[C@@H]2COCC(=O)N2Cc2cccs2)CC1. The summed E-state index contributed by atoms with van der Waals surface area (Å²) in [5, 5.41) is 1.96. The number of likely N-dealkylation sites (tertiary alicyclic amines) is 1. The molecule has 8 heteroatoms. The van der Waals surface area contributed by atoms with Gasteiger partial charge in [0, 0.05) is 18.0 Å². The van der Waals surface area contributed by atoms with Crippen LogP contribution in [0, 0.1) is 5.92 Å². The van der Waals surface area contributed by atoms with Gasteiger partial charge in [-0.05, 0) is 31.2 Å². The average Bonchev–Trinajstić information content (AvgIpc) is 3.16. The predicted octanol–water partition coefficient (Wildman–Crippen LogP) is 1.28. The van der Waals surface area contributed by atoms with Crippen LogP contribution in [-0.4, -0.2) is 66.5 Å². The fourth-order valence-electron chi connectivity index (χ4n) is 3.38. The minimum atomic E-state index is -0.600. The quantitative estimate of drug-likeness (QED) is 0.719. The minimum Gasteiger partial charge on any atom is -0.466 e. The summed E-state index contributed by atoms with van der Waals surface area (Å²) >= 11 is 1.57. The summed E-state index contributed by atoms with van der Waals surface area (Å²) in [5.41, 5.74) is 0. The highest BCUT2D eigenvalue weighted by Crippen LogP contribution is 2.23. The molecule has 142 valence electrons. The third-order valence-electron chi connectivity index (χ3n) is 4.82. The molecule has 2 saturated heterocycles. The van der Waals surface area contributed by atoms with E-state index < -0.39 is 6.04 Å². The van der Waals surface area contributed by atoms with Crippen molar-refractivity contribution in [1.29, 1.82) is 0 Å². The zero-order valence-electron chi connectivity index (χ0n) is 14.9. The second-order valence-electron chi connectivity index (χ2n) is 6.48. The van der Waals surface area contributed by atoms with Crippen LogP contribution < -0.4 is 0 Å². The molecule has 2 aliphatic heterocycles. The number of hydrogen-bond acceptors (Lipinski definition) is 6. The standard InChI is InChI=1S/C18H24N2O5S/c1-2-25-18(23)13-5-7-19(8-6-13)17(22)15-11-24-12-16(21)20(15)10-14-4-3-9-26-14/h3-4,9,13,15H,2,5-8,10-12H2,1H3/t15-/m0/s1. The fourth-order valence-corrected chi connectivity index (χ4v) is 4.09. The van der Waals surface area contributed by atoms with Crippen LogP contribution in [0.2, 0.25) is 0 Å². The first-order valence-corrected chi connectivity index (χ1v) is 9.83. The Morgan fingerprint density at radius 3 is 2.77 bits per heavy atom. The lowest BCUT2D eigenvalue weighted by Gasteiger charge is -2.39. The number of amides is 2. The van der Waals surface area contributed by atoms with Crippen LogP contribution in [0.15, 0.2) is 17.5 Å². The van der Waals surface area contributed by atoms with Gasteiger partial charge in [0.2, 0.25) is 11.8 Å². The molecule has 7 nitrogen and oxygen atoms in total. The van der Waals surface area contributed by atoms with Gasteiger partial charge in [-0.25, -0.2) is 0 Å². The number of esters is 1. The van der Waals surface area contributed by atoms with Gasteiger partial charge >= 0.3 is 5.97 Å². The third-order valence-corrected chi connectivity index (χ3v) is 5.68. The molecule has 2 aliphatic rings. The number of morpholine rings is 1. The molecular weight excluding hydrogens is 356 g/mol. The number of piperidine rings is 1. The Hall–Kier alpha value is -1.93. The van der Waals surface area contributed by atoms with E-state index in [4.69, 9.17) is 9.47 Å². The highest BCUT2D eigenvalue weighted by atomic mass is 32.1. The smallest absolute Gasteiger partial charge is 0.309 e. The maximum atomic E-state index is 13.0. The number of rotatable bonds is 5. The molecule has 3 heterocycles. The molecule has 0 radical (unpaired) electrons. The lowest BCUT2D eigenvalue weighted by Crippen LogP contribution is -2.57. The van der Waals surface area contributed by atoms with Gasteiger partial charge < -0.3 is 19.3 Å². The number of ether oxygens (including phenoxy) is 2. The molecular formula is C18H24N2O5S. The molecule has 1 atom stereocenters. The number of thiophene rings is 1. The van der Waals surface area contributed by atoms with Crippen molar-refractivity contribution in [2.24, 2.45) is 5.92 Å². The molecule has 3 rings (SSSR count). The highest BCUT2D eigenvalue weighted by molar-refractivity contribution is 7.09. The van der Waals surface area contributed by atoms with Gasteiger partial charge in [-0.15, -0.1) is 11.3 Å².